The summed E-state index contributed by atoms with van der Waals surface area (Å²) in [5.41, 5.74) is 12.6. The first-order valence-electron chi connectivity index (χ1n) is 4.55. The highest BCUT2D eigenvalue weighted by molar-refractivity contribution is 9.13. The van der Waals surface area contributed by atoms with Crippen LogP contribution < -0.4 is 11.5 Å². The van der Waals surface area contributed by atoms with Crippen LogP contribution in [0.2, 0.25) is 0 Å². The van der Waals surface area contributed by atoms with Gasteiger partial charge in [-0.05, 0) is 68.9 Å². The van der Waals surface area contributed by atoms with Crippen LogP contribution in [0.15, 0.2) is 27.1 Å². The minimum atomic E-state index is 0. The smallest absolute Gasteiger partial charge is 0.0320 e. The topological polar surface area (TPSA) is 52.0 Å². The maximum atomic E-state index is 6.01. The zero-order valence-electron chi connectivity index (χ0n) is 8.25. The van der Waals surface area contributed by atoms with E-state index in [1.54, 1.807) is 0 Å². The van der Waals surface area contributed by atoms with Crippen molar-refractivity contribution in [3.63, 3.8) is 0 Å². The van der Waals surface area contributed by atoms with Crippen LogP contribution in [0.3, 0.4) is 0 Å². The molecule has 86 valence electrons. The molecule has 1 aromatic carbocycles. The molecule has 0 heterocycles. The Bertz CT molecular complexity index is 307. The summed E-state index contributed by atoms with van der Waals surface area (Å²) in [6.07, 6.45) is 1.90. The molecule has 1 rings (SSSR count). The molecule has 0 amide bonds. The van der Waals surface area contributed by atoms with Gasteiger partial charge in [-0.15, -0.1) is 12.4 Å². The van der Waals surface area contributed by atoms with E-state index in [1.165, 1.54) is 0 Å². The first kappa shape index (κ1) is 15.4. The van der Waals surface area contributed by atoms with E-state index in [4.69, 9.17) is 11.5 Å². The Morgan fingerprint density at radius 3 is 2.40 bits per heavy atom. The van der Waals surface area contributed by atoms with E-state index in [0.717, 1.165) is 27.4 Å². The Hall–Kier alpha value is 0.390. The van der Waals surface area contributed by atoms with E-state index in [2.05, 4.69) is 31.9 Å². The maximum absolute atomic E-state index is 6.01. The zero-order chi connectivity index (χ0) is 10.6. The van der Waals surface area contributed by atoms with Gasteiger partial charge >= 0.3 is 0 Å². The van der Waals surface area contributed by atoms with Gasteiger partial charge in [-0.25, -0.2) is 0 Å². The molecule has 0 saturated carbocycles. The third-order valence-electron chi connectivity index (χ3n) is 2.09. The molecule has 0 fully saturated rings. The lowest BCUT2D eigenvalue weighted by atomic mass is 10.0. The number of rotatable bonds is 4. The quantitative estimate of drug-likeness (QED) is 0.867. The van der Waals surface area contributed by atoms with Crippen LogP contribution in [0.4, 0.5) is 0 Å². The van der Waals surface area contributed by atoms with Gasteiger partial charge in [0.25, 0.3) is 0 Å². The molecule has 1 aromatic rings. The van der Waals surface area contributed by atoms with Crippen LogP contribution in [0.25, 0.3) is 0 Å². The SMILES string of the molecule is Cl.NCCC[C@@H](N)c1ccc(Br)c(Br)c1. The van der Waals surface area contributed by atoms with Crippen LogP contribution in [-0.2, 0) is 0 Å². The number of hydrogen-bond donors (Lipinski definition) is 2. The Morgan fingerprint density at radius 1 is 1.20 bits per heavy atom. The molecule has 0 aromatic heterocycles. The normalized spacial score (nSPS) is 12.0. The third-order valence-corrected chi connectivity index (χ3v) is 3.97. The molecular weight excluding hydrogens is 343 g/mol. The van der Waals surface area contributed by atoms with Gasteiger partial charge in [-0.1, -0.05) is 6.07 Å². The first-order chi connectivity index (χ1) is 6.65. The summed E-state index contributed by atoms with van der Waals surface area (Å²) in [5.74, 6) is 0. The standard InChI is InChI=1S/C10H14Br2N2.ClH/c11-8-4-3-7(6-9(8)12)10(14)2-1-5-13;/h3-4,6,10H,1-2,5,13-14H2;1H/t10-;/m1./s1. The Morgan fingerprint density at radius 2 is 1.87 bits per heavy atom. The predicted molar refractivity (Wildman–Crippen MR) is 74.3 cm³/mol. The van der Waals surface area contributed by atoms with Gasteiger partial charge in [0.05, 0.1) is 0 Å². The summed E-state index contributed by atoms with van der Waals surface area (Å²) in [6, 6.07) is 6.17. The molecule has 0 radical (unpaired) electrons. The van der Waals surface area contributed by atoms with Crippen LogP contribution >= 0.6 is 44.3 Å². The van der Waals surface area contributed by atoms with Gasteiger partial charge in [0.15, 0.2) is 0 Å². The maximum Gasteiger partial charge on any atom is 0.0320 e. The van der Waals surface area contributed by atoms with Crippen LogP contribution in [0.5, 0.6) is 0 Å². The average Bonchev–Trinajstić information content (AvgIpc) is 2.18. The van der Waals surface area contributed by atoms with Crippen molar-refractivity contribution in [2.45, 2.75) is 18.9 Å². The van der Waals surface area contributed by atoms with Crippen molar-refractivity contribution < 1.29 is 0 Å². The fraction of sp³-hybridized carbons (Fsp3) is 0.400. The molecule has 0 saturated heterocycles. The molecule has 1 atom stereocenters. The lowest BCUT2D eigenvalue weighted by Gasteiger charge is -2.12. The Balaban J connectivity index is 0.00000196. The highest BCUT2D eigenvalue weighted by Gasteiger charge is 2.06. The molecule has 0 spiro atoms. The Labute approximate surface area is 113 Å². The number of nitrogens with two attached hydrogens (primary N) is 2. The van der Waals surface area contributed by atoms with Crippen molar-refractivity contribution in [3.05, 3.63) is 32.7 Å². The summed E-state index contributed by atoms with van der Waals surface area (Å²) in [7, 11) is 0. The number of benzene rings is 1. The average molecular weight is 359 g/mol. The van der Waals surface area contributed by atoms with Gasteiger partial charge in [-0.3, -0.25) is 0 Å². The molecule has 0 unspecified atom stereocenters. The van der Waals surface area contributed by atoms with Crippen LogP contribution in [0, 0.1) is 0 Å². The van der Waals surface area contributed by atoms with E-state index >= 15 is 0 Å². The molecule has 15 heavy (non-hydrogen) atoms. The van der Waals surface area contributed by atoms with Crippen molar-refractivity contribution >= 4 is 44.3 Å². The second-order valence-corrected chi connectivity index (χ2v) is 4.92. The molecular formula is C10H15Br2ClN2. The van der Waals surface area contributed by atoms with Gasteiger partial charge in [0.2, 0.25) is 0 Å². The minimum Gasteiger partial charge on any atom is -0.330 e. The summed E-state index contributed by atoms with van der Waals surface area (Å²) in [6.45, 7) is 0.700. The largest absolute Gasteiger partial charge is 0.330 e. The van der Waals surface area contributed by atoms with E-state index < -0.39 is 0 Å². The highest BCUT2D eigenvalue weighted by atomic mass is 79.9. The van der Waals surface area contributed by atoms with E-state index in [-0.39, 0.29) is 18.4 Å². The molecule has 0 aliphatic carbocycles. The monoisotopic (exact) mass is 356 g/mol. The molecule has 4 N–H and O–H groups in total. The number of hydrogen-bond acceptors (Lipinski definition) is 2. The highest BCUT2D eigenvalue weighted by Crippen LogP contribution is 2.26. The molecule has 0 aliphatic rings. The van der Waals surface area contributed by atoms with Crippen molar-refractivity contribution in [1.82, 2.24) is 0 Å². The summed E-state index contributed by atoms with van der Waals surface area (Å²) in [5, 5.41) is 0. The van der Waals surface area contributed by atoms with Crippen molar-refractivity contribution in [2.24, 2.45) is 11.5 Å². The molecule has 2 nitrogen and oxygen atoms in total. The minimum absolute atomic E-state index is 0. The van der Waals surface area contributed by atoms with Gasteiger partial charge in [-0.2, -0.15) is 0 Å². The van der Waals surface area contributed by atoms with E-state index in [9.17, 15) is 0 Å². The molecule has 0 aliphatic heterocycles. The summed E-state index contributed by atoms with van der Waals surface area (Å²) < 4.78 is 2.09. The molecule has 5 heteroatoms. The predicted octanol–water partition coefficient (Wildman–Crippen LogP) is 3.37. The van der Waals surface area contributed by atoms with Crippen LogP contribution in [-0.4, -0.2) is 6.54 Å². The third kappa shape index (κ3) is 4.83. The van der Waals surface area contributed by atoms with Gasteiger partial charge in [0.1, 0.15) is 0 Å². The zero-order valence-corrected chi connectivity index (χ0v) is 12.2. The fourth-order valence-corrected chi connectivity index (χ4v) is 1.89. The molecule has 0 bridgehead atoms. The van der Waals surface area contributed by atoms with Crippen molar-refractivity contribution in [2.75, 3.05) is 6.54 Å². The lowest BCUT2D eigenvalue weighted by molar-refractivity contribution is 0.617. The fourth-order valence-electron chi connectivity index (χ4n) is 1.25. The van der Waals surface area contributed by atoms with E-state index in [1.807, 2.05) is 18.2 Å². The van der Waals surface area contributed by atoms with Gasteiger partial charge < -0.3 is 11.5 Å². The van der Waals surface area contributed by atoms with E-state index in [0.29, 0.717) is 6.54 Å². The van der Waals surface area contributed by atoms with Crippen molar-refractivity contribution in [1.29, 1.82) is 0 Å². The van der Waals surface area contributed by atoms with Crippen molar-refractivity contribution in [3.8, 4) is 0 Å². The Kier molecular flexibility index (Phi) is 7.83. The lowest BCUT2D eigenvalue weighted by Crippen LogP contribution is -2.12. The first-order valence-corrected chi connectivity index (χ1v) is 6.14. The van der Waals surface area contributed by atoms with Crippen LogP contribution in [0.1, 0.15) is 24.4 Å². The second-order valence-electron chi connectivity index (χ2n) is 3.21. The summed E-state index contributed by atoms with van der Waals surface area (Å²) >= 11 is 6.88. The second kappa shape index (κ2) is 7.63. The van der Waals surface area contributed by atoms with Gasteiger partial charge in [0, 0.05) is 15.0 Å². The summed E-state index contributed by atoms with van der Waals surface area (Å²) in [4.78, 5) is 0. The number of halogens is 3.